The van der Waals surface area contributed by atoms with E-state index in [4.69, 9.17) is 5.11 Å². The number of aliphatic carboxylic acids is 1. The van der Waals surface area contributed by atoms with Crippen LogP contribution in [-0.4, -0.2) is 28.9 Å². The van der Waals surface area contributed by atoms with Gasteiger partial charge in [0.1, 0.15) is 6.04 Å². The van der Waals surface area contributed by atoms with Crippen LogP contribution in [0, 0.1) is 18.8 Å². The number of anilines is 1. The number of hydrogen-bond acceptors (Lipinski definition) is 3. The minimum atomic E-state index is -0.841. The molecule has 0 aliphatic rings. The fraction of sp³-hybridized carbons (Fsp3) is 0.348. The molecule has 2 amide bonds. The highest BCUT2D eigenvalue weighted by Gasteiger charge is 2.25. The molecule has 29 heavy (non-hydrogen) atoms. The molecule has 0 aliphatic carbocycles. The molecule has 0 bridgehead atoms. The molecule has 6 heteroatoms. The first kappa shape index (κ1) is 22.1. The number of amides is 2. The van der Waals surface area contributed by atoms with Crippen LogP contribution in [0.4, 0.5) is 5.69 Å². The molecule has 154 valence electrons. The van der Waals surface area contributed by atoms with Gasteiger partial charge in [0.25, 0.3) is 5.91 Å². The van der Waals surface area contributed by atoms with E-state index in [-0.39, 0.29) is 17.7 Å². The van der Waals surface area contributed by atoms with Gasteiger partial charge in [0, 0.05) is 11.3 Å². The number of rotatable bonds is 8. The quantitative estimate of drug-likeness (QED) is 0.635. The van der Waals surface area contributed by atoms with Gasteiger partial charge in [-0.25, -0.2) is 0 Å². The predicted octanol–water partition coefficient (Wildman–Crippen LogP) is 3.65. The van der Waals surface area contributed by atoms with Gasteiger partial charge in [0.05, 0.1) is 5.92 Å². The summed E-state index contributed by atoms with van der Waals surface area (Å²) in [5.74, 6) is -2.01. The molecule has 0 saturated carbocycles. The van der Waals surface area contributed by atoms with Crippen molar-refractivity contribution < 1.29 is 19.5 Å². The second-order valence-corrected chi connectivity index (χ2v) is 7.69. The van der Waals surface area contributed by atoms with Crippen molar-refractivity contribution in [2.24, 2.45) is 11.8 Å². The maximum Gasteiger partial charge on any atom is 0.306 e. The lowest BCUT2D eigenvalue weighted by Gasteiger charge is -2.22. The van der Waals surface area contributed by atoms with Crippen molar-refractivity contribution in [3.63, 3.8) is 0 Å². The first-order valence-electron chi connectivity index (χ1n) is 9.67. The average molecular weight is 396 g/mol. The van der Waals surface area contributed by atoms with Crippen LogP contribution >= 0.6 is 0 Å². The fourth-order valence-electron chi connectivity index (χ4n) is 2.85. The summed E-state index contributed by atoms with van der Waals surface area (Å²) in [5.41, 5.74) is 3.04. The third-order valence-electron chi connectivity index (χ3n) is 4.73. The highest BCUT2D eigenvalue weighted by molar-refractivity contribution is 6.01. The highest BCUT2D eigenvalue weighted by atomic mass is 16.4. The Morgan fingerprint density at radius 2 is 1.52 bits per heavy atom. The minimum absolute atomic E-state index is 0.0971. The Kier molecular flexibility index (Phi) is 7.53. The summed E-state index contributed by atoms with van der Waals surface area (Å²) >= 11 is 0. The molecular formula is C23H28N2O4. The van der Waals surface area contributed by atoms with Crippen molar-refractivity contribution in [3.05, 3.63) is 65.2 Å². The molecule has 0 fully saturated rings. The summed E-state index contributed by atoms with van der Waals surface area (Å²) in [6, 6.07) is 13.6. The van der Waals surface area contributed by atoms with Crippen LogP contribution in [0.2, 0.25) is 0 Å². The molecule has 0 aliphatic heterocycles. The Hall–Kier alpha value is -3.15. The summed E-state index contributed by atoms with van der Waals surface area (Å²) < 4.78 is 0. The van der Waals surface area contributed by atoms with Gasteiger partial charge in [-0.1, -0.05) is 50.6 Å². The second-order valence-electron chi connectivity index (χ2n) is 7.69. The molecule has 6 nitrogen and oxygen atoms in total. The van der Waals surface area contributed by atoms with Crippen molar-refractivity contribution in [2.45, 2.75) is 40.2 Å². The molecular weight excluding hydrogens is 368 g/mol. The van der Waals surface area contributed by atoms with Gasteiger partial charge in [-0.3, -0.25) is 14.4 Å². The van der Waals surface area contributed by atoms with Crippen LogP contribution in [0.25, 0.3) is 0 Å². The number of hydrogen-bond donors (Lipinski definition) is 3. The first-order chi connectivity index (χ1) is 13.7. The summed E-state index contributed by atoms with van der Waals surface area (Å²) in [5, 5.41) is 14.6. The van der Waals surface area contributed by atoms with Gasteiger partial charge >= 0.3 is 5.97 Å². The van der Waals surface area contributed by atoms with E-state index >= 15 is 0 Å². The van der Waals surface area contributed by atoms with E-state index in [0.717, 1.165) is 11.1 Å². The SMILES string of the molecule is Cc1ccc(C(=O)NC(C(=O)Nc2ccc(CC(C)C(=O)O)cc2)C(C)C)cc1. The number of benzene rings is 2. The van der Waals surface area contributed by atoms with Crippen LogP contribution in [0.15, 0.2) is 48.5 Å². The van der Waals surface area contributed by atoms with Crippen molar-refractivity contribution in [2.75, 3.05) is 5.32 Å². The van der Waals surface area contributed by atoms with E-state index in [1.807, 2.05) is 32.9 Å². The molecule has 0 aromatic heterocycles. The van der Waals surface area contributed by atoms with Gasteiger partial charge in [-0.2, -0.15) is 0 Å². The van der Waals surface area contributed by atoms with Crippen molar-refractivity contribution in [1.82, 2.24) is 5.32 Å². The van der Waals surface area contributed by atoms with Crippen LogP contribution < -0.4 is 10.6 Å². The maximum absolute atomic E-state index is 12.7. The minimum Gasteiger partial charge on any atom is -0.481 e. The molecule has 2 rings (SSSR count). The molecule has 0 saturated heterocycles. The van der Waals surface area contributed by atoms with Gasteiger partial charge in [0.15, 0.2) is 0 Å². The Morgan fingerprint density at radius 3 is 2.03 bits per heavy atom. The third kappa shape index (κ3) is 6.45. The number of carbonyl (C=O) groups is 3. The zero-order chi connectivity index (χ0) is 21.6. The van der Waals surface area contributed by atoms with E-state index in [1.165, 1.54) is 0 Å². The van der Waals surface area contributed by atoms with Crippen LogP contribution in [0.5, 0.6) is 0 Å². The Bertz CT molecular complexity index is 857. The highest BCUT2D eigenvalue weighted by Crippen LogP contribution is 2.15. The zero-order valence-corrected chi connectivity index (χ0v) is 17.2. The van der Waals surface area contributed by atoms with E-state index in [1.54, 1.807) is 43.3 Å². The van der Waals surface area contributed by atoms with Crippen LogP contribution in [0.3, 0.4) is 0 Å². The molecule has 2 aromatic carbocycles. The molecule has 2 unspecified atom stereocenters. The second kappa shape index (κ2) is 9.87. The van der Waals surface area contributed by atoms with Crippen LogP contribution in [0.1, 0.15) is 42.3 Å². The van der Waals surface area contributed by atoms with Gasteiger partial charge in [-0.05, 0) is 49.1 Å². The van der Waals surface area contributed by atoms with E-state index in [9.17, 15) is 14.4 Å². The number of nitrogens with one attached hydrogen (secondary N) is 2. The normalized spacial score (nSPS) is 12.9. The number of carboxylic acids is 1. The lowest BCUT2D eigenvalue weighted by atomic mass is 10.0. The Morgan fingerprint density at radius 1 is 0.931 bits per heavy atom. The lowest BCUT2D eigenvalue weighted by molar-refractivity contribution is -0.141. The van der Waals surface area contributed by atoms with E-state index in [2.05, 4.69) is 10.6 Å². The number of carbonyl (C=O) groups excluding carboxylic acids is 2. The monoisotopic (exact) mass is 396 g/mol. The van der Waals surface area contributed by atoms with Gasteiger partial charge < -0.3 is 15.7 Å². The van der Waals surface area contributed by atoms with Crippen molar-refractivity contribution in [1.29, 1.82) is 0 Å². The largest absolute Gasteiger partial charge is 0.481 e. The Labute approximate surface area is 171 Å². The Balaban J connectivity index is 2.02. The summed E-state index contributed by atoms with van der Waals surface area (Å²) in [6.07, 6.45) is 0.421. The van der Waals surface area contributed by atoms with Crippen molar-refractivity contribution in [3.8, 4) is 0 Å². The number of carboxylic acid groups (broad SMARTS) is 1. The summed E-state index contributed by atoms with van der Waals surface area (Å²) in [6.45, 7) is 7.34. The van der Waals surface area contributed by atoms with E-state index in [0.29, 0.717) is 17.7 Å². The maximum atomic E-state index is 12.7. The fourth-order valence-corrected chi connectivity index (χ4v) is 2.85. The first-order valence-corrected chi connectivity index (χ1v) is 9.67. The third-order valence-corrected chi connectivity index (χ3v) is 4.73. The molecule has 0 radical (unpaired) electrons. The molecule has 2 aromatic rings. The molecule has 0 spiro atoms. The molecule has 2 atom stereocenters. The van der Waals surface area contributed by atoms with E-state index < -0.39 is 17.9 Å². The van der Waals surface area contributed by atoms with Crippen LogP contribution in [-0.2, 0) is 16.0 Å². The standard InChI is InChI=1S/C23H28N2O4/c1-14(2)20(25-21(26)18-9-5-15(3)6-10-18)22(27)24-19-11-7-17(8-12-19)13-16(4)23(28)29/h5-12,14,16,20H,13H2,1-4H3,(H,24,27)(H,25,26)(H,28,29). The number of aryl methyl sites for hydroxylation is 1. The average Bonchev–Trinajstić information content (AvgIpc) is 2.67. The molecule has 0 heterocycles. The van der Waals surface area contributed by atoms with Gasteiger partial charge in [-0.15, -0.1) is 0 Å². The van der Waals surface area contributed by atoms with Crippen molar-refractivity contribution >= 4 is 23.5 Å². The van der Waals surface area contributed by atoms with Gasteiger partial charge in [0.2, 0.25) is 5.91 Å². The molecule has 3 N–H and O–H groups in total. The predicted molar refractivity (Wildman–Crippen MR) is 113 cm³/mol. The topological polar surface area (TPSA) is 95.5 Å². The summed E-state index contributed by atoms with van der Waals surface area (Å²) in [4.78, 5) is 36.2. The summed E-state index contributed by atoms with van der Waals surface area (Å²) in [7, 11) is 0. The smallest absolute Gasteiger partial charge is 0.306 e. The zero-order valence-electron chi connectivity index (χ0n) is 17.2. The lowest BCUT2D eigenvalue weighted by Crippen LogP contribution is -2.47.